The molecule has 23 heavy (non-hydrogen) atoms. The second-order valence-corrected chi connectivity index (χ2v) is 5.55. The molecule has 0 radical (unpaired) electrons. The van der Waals surface area contributed by atoms with Crippen molar-refractivity contribution in [2.45, 2.75) is 25.1 Å². The van der Waals surface area contributed by atoms with E-state index in [9.17, 15) is 18.0 Å². The lowest BCUT2D eigenvalue weighted by atomic mass is 10.2. The van der Waals surface area contributed by atoms with Crippen LogP contribution in [-0.2, 0) is 15.7 Å². The summed E-state index contributed by atoms with van der Waals surface area (Å²) in [5.41, 5.74) is -0.958. The van der Waals surface area contributed by atoms with Gasteiger partial charge in [0, 0.05) is 39.0 Å². The summed E-state index contributed by atoms with van der Waals surface area (Å²) >= 11 is 0. The number of alkyl halides is 3. The molecule has 9 heteroatoms. The zero-order valence-corrected chi connectivity index (χ0v) is 12.4. The number of anilines is 1. The first-order valence-electron chi connectivity index (χ1n) is 7.51. The van der Waals surface area contributed by atoms with E-state index in [0.29, 0.717) is 32.8 Å². The van der Waals surface area contributed by atoms with Gasteiger partial charge in [-0.3, -0.25) is 4.79 Å². The van der Waals surface area contributed by atoms with Crippen molar-refractivity contribution in [1.82, 2.24) is 14.9 Å². The number of carbonyl (C=O) groups is 1. The van der Waals surface area contributed by atoms with Crippen LogP contribution in [0.5, 0.6) is 0 Å². The van der Waals surface area contributed by atoms with E-state index in [1.807, 2.05) is 0 Å². The fraction of sp³-hybridized carbons (Fsp3) is 0.643. The Morgan fingerprint density at radius 2 is 2.00 bits per heavy atom. The van der Waals surface area contributed by atoms with Gasteiger partial charge in [-0.2, -0.15) is 13.2 Å². The third-order valence-electron chi connectivity index (χ3n) is 4.01. The van der Waals surface area contributed by atoms with Crippen LogP contribution in [0.4, 0.5) is 19.1 Å². The topological polar surface area (TPSA) is 58.6 Å². The maximum absolute atomic E-state index is 12.7. The second-order valence-electron chi connectivity index (χ2n) is 5.55. The van der Waals surface area contributed by atoms with Crippen molar-refractivity contribution in [1.29, 1.82) is 0 Å². The number of hydrogen-bond acceptors (Lipinski definition) is 5. The van der Waals surface area contributed by atoms with E-state index >= 15 is 0 Å². The summed E-state index contributed by atoms with van der Waals surface area (Å²) in [6.07, 6.45) is -2.14. The molecule has 1 atom stereocenters. The molecular weight excluding hydrogens is 313 g/mol. The van der Waals surface area contributed by atoms with Gasteiger partial charge in [0.1, 0.15) is 11.8 Å². The molecule has 2 aliphatic heterocycles. The lowest BCUT2D eigenvalue weighted by Gasteiger charge is -2.35. The highest BCUT2D eigenvalue weighted by Gasteiger charge is 2.34. The van der Waals surface area contributed by atoms with Crippen LogP contribution in [0.15, 0.2) is 12.3 Å². The summed E-state index contributed by atoms with van der Waals surface area (Å²) < 4.78 is 43.5. The van der Waals surface area contributed by atoms with Gasteiger partial charge in [-0.05, 0) is 18.9 Å². The summed E-state index contributed by atoms with van der Waals surface area (Å²) in [5.74, 6) is 0.0103. The highest BCUT2D eigenvalue weighted by atomic mass is 19.4. The van der Waals surface area contributed by atoms with Crippen LogP contribution in [0.2, 0.25) is 0 Å². The van der Waals surface area contributed by atoms with Crippen molar-refractivity contribution in [3.8, 4) is 0 Å². The maximum atomic E-state index is 12.7. The first-order valence-corrected chi connectivity index (χ1v) is 7.51. The minimum absolute atomic E-state index is 0.0351. The molecule has 1 aromatic rings. The van der Waals surface area contributed by atoms with Crippen molar-refractivity contribution < 1.29 is 22.7 Å². The number of carbonyl (C=O) groups excluding carboxylic acids is 1. The van der Waals surface area contributed by atoms with Gasteiger partial charge < -0.3 is 14.5 Å². The molecule has 0 N–H and O–H groups in total. The van der Waals surface area contributed by atoms with Crippen molar-refractivity contribution in [3.63, 3.8) is 0 Å². The zero-order valence-electron chi connectivity index (χ0n) is 12.4. The number of rotatable bonds is 2. The average Bonchev–Trinajstić information content (AvgIpc) is 3.08. The van der Waals surface area contributed by atoms with Crippen LogP contribution in [0.25, 0.3) is 0 Å². The van der Waals surface area contributed by atoms with E-state index in [0.717, 1.165) is 25.1 Å². The Morgan fingerprint density at radius 1 is 1.26 bits per heavy atom. The largest absolute Gasteiger partial charge is 0.433 e. The maximum Gasteiger partial charge on any atom is 0.433 e. The molecule has 1 amide bonds. The SMILES string of the molecule is O=C(C1CCCO1)N1CCN(c2nccc(C(F)(F)F)n2)CC1. The fourth-order valence-electron chi connectivity index (χ4n) is 2.76. The number of nitrogens with zero attached hydrogens (tertiary/aromatic N) is 4. The van der Waals surface area contributed by atoms with Gasteiger partial charge in [0.05, 0.1) is 0 Å². The molecule has 6 nitrogen and oxygen atoms in total. The second kappa shape index (κ2) is 6.31. The Balaban J connectivity index is 1.61. The monoisotopic (exact) mass is 330 g/mol. The van der Waals surface area contributed by atoms with Gasteiger partial charge in [0.2, 0.25) is 5.95 Å². The van der Waals surface area contributed by atoms with Crippen molar-refractivity contribution >= 4 is 11.9 Å². The van der Waals surface area contributed by atoms with Gasteiger partial charge in [-0.15, -0.1) is 0 Å². The van der Waals surface area contributed by atoms with E-state index in [1.165, 1.54) is 0 Å². The molecule has 3 rings (SSSR count). The number of hydrogen-bond donors (Lipinski definition) is 0. The van der Waals surface area contributed by atoms with E-state index in [4.69, 9.17) is 4.74 Å². The highest BCUT2D eigenvalue weighted by molar-refractivity contribution is 5.81. The van der Waals surface area contributed by atoms with E-state index in [2.05, 4.69) is 9.97 Å². The number of ether oxygens (including phenoxy) is 1. The standard InChI is InChI=1S/C14H17F3N4O2/c15-14(16,17)11-3-4-18-13(19-11)21-7-5-20(6-8-21)12(22)10-2-1-9-23-10/h3-4,10H,1-2,5-9H2. The van der Waals surface area contributed by atoms with E-state index in [1.54, 1.807) is 9.80 Å². The minimum atomic E-state index is -4.49. The molecule has 0 saturated carbocycles. The van der Waals surface area contributed by atoms with Gasteiger partial charge in [0.25, 0.3) is 5.91 Å². The van der Waals surface area contributed by atoms with Gasteiger partial charge in [0.15, 0.2) is 0 Å². The molecule has 1 unspecified atom stereocenters. The first-order chi connectivity index (χ1) is 10.9. The first kappa shape index (κ1) is 16.0. The lowest BCUT2D eigenvalue weighted by molar-refractivity contribution is -0.141. The third-order valence-corrected chi connectivity index (χ3v) is 4.01. The molecule has 2 fully saturated rings. The number of aromatic nitrogens is 2. The number of piperazine rings is 1. The predicted molar refractivity (Wildman–Crippen MR) is 74.8 cm³/mol. The molecule has 0 bridgehead atoms. The Hall–Kier alpha value is -1.90. The van der Waals surface area contributed by atoms with E-state index in [-0.39, 0.29) is 18.0 Å². The molecular formula is C14H17F3N4O2. The van der Waals surface area contributed by atoms with Crippen LogP contribution < -0.4 is 4.90 Å². The van der Waals surface area contributed by atoms with Crippen molar-refractivity contribution in [2.75, 3.05) is 37.7 Å². The molecule has 2 aliphatic rings. The summed E-state index contributed by atoms with van der Waals surface area (Å²) in [4.78, 5) is 23.1. The summed E-state index contributed by atoms with van der Waals surface area (Å²) in [6, 6.07) is 0.848. The van der Waals surface area contributed by atoms with Crippen molar-refractivity contribution in [3.05, 3.63) is 18.0 Å². The third kappa shape index (κ3) is 3.54. The smallest absolute Gasteiger partial charge is 0.368 e. The van der Waals surface area contributed by atoms with Crippen LogP contribution in [-0.4, -0.2) is 59.7 Å². The Bertz CT molecular complexity index is 567. The quantitative estimate of drug-likeness (QED) is 0.819. The minimum Gasteiger partial charge on any atom is -0.368 e. The molecule has 1 aromatic heterocycles. The van der Waals surface area contributed by atoms with Crippen LogP contribution in [0.3, 0.4) is 0 Å². The van der Waals surface area contributed by atoms with Gasteiger partial charge in [-0.1, -0.05) is 0 Å². The molecule has 3 heterocycles. The molecule has 2 saturated heterocycles. The molecule has 0 spiro atoms. The normalized spacial score (nSPS) is 22.5. The van der Waals surface area contributed by atoms with Crippen molar-refractivity contribution in [2.24, 2.45) is 0 Å². The molecule has 0 aliphatic carbocycles. The average molecular weight is 330 g/mol. The summed E-state index contributed by atoms with van der Waals surface area (Å²) in [5, 5.41) is 0. The van der Waals surface area contributed by atoms with Gasteiger partial charge >= 0.3 is 6.18 Å². The summed E-state index contributed by atoms with van der Waals surface area (Å²) in [7, 11) is 0. The van der Waals surface area contributed by atoms with Gasteiger partial charge in [-0.25, -0.2) is 9.97 Å². The molecule has 126 valence electrons. The fourth-order valence-corrected chi connectivity index (χ4v) is 2.76. The highest BCUT2D eigenvalue weighted by Crippen LogP contribution is 2.28. The lowest BCUT2D eigenvalue weighted by Crippen LogP contribution is -2.51. The Morgan fingerprint density at radius 3 is 2.61 bits per heavy atom. The van der Waals surface area contributed by atoms with Crippen LogP contribution >= 0.6 is 0 Å². The zero-order chi connectivity index (χ0) is 16.4. The van der Waals surface area contributed by atoms with Crippen LogP contribution in [0, 0.1) is 0 Å². The Labute approximate surface area is 131 Å². The summed E-state index contributed by atoms with van der Waals surface area (Å²) in [6.45, 7) is 2.27. The predicted octanol–water partition coefficient (Wildman–Crippen LogP) is 1.32. The van der Waals surface area contributed by atoms with Crippen LogP contribution in [0.1, 0.15) is 18.5 Å². The molecule has 0 aromatic carbocycles. The Kier molecular flexibility index (Phi) is 4.38. The van der Waals surface area contributed by atoms with E-state index < -0.39 is 11.9 Å². The number of halogens is 3. The number of amides is 1.